The van der Waals surface area contributed by atoms with Gasteiger partial charge in [0.2, 0.25) is 11.8 Å². The number of carbonyl (C=O) groups is 2. The topological polar surface area (TPSA) is 101 Å². The molecule has 1 amide bonds. The first-order valence-electron chi connectivity index (χ1n) is 8.19. The highest BCUT2D eigenvalue weighted by Gasteiger charge is 2.31. The van der Waals surface area contributed by atoms with Crippen LogP contribution in [-0.2, 0) is 9.59 Å². The molecule has 1 aliphatic rings. The van der Waals surface area contributed by atoms with Crippen LogP contribution in [0.1, 0.15) is 25.7 Å². The smallest absolute Gasteiger partial charge is 0.306 e. The van der Waals surface area contributed by atoms with Crippen molar-refractivity contribution >= 4 is 17.6 Å². The Balaban J connectivity index is 1.63. The van der Waals surface area contributed by atoms with Gasteiger partial charge >= 0.3 is 5.97 Å². The second kappa shape index (κ2) is 7.74. The summed E-state index contributed by atoms with van der Waals surface area (Å²) in [7, 11) is 0. The van der Waals surface area contributed by atoms with Crippen LogP contribution in [0, 0.1) is 11.8 Å². The normalized spacial score (nSPS) is 19.8. The number of carboxylic acid groups (broad SMARTS) is 1. The van der Waals surface area contributed by atoms with Crippen molar-refractivity contribution in [2.75, 3.05) is 5.32 Å². The molecule has 1 heterocycles. The van der Waals surface area contributed by atoms with Gasteiger partial charge < -0.3 is 15.2 Å². The predicted molar refractivity (Wildman–Crippen MR) is 90.3 cm³/mol. The van der Waals surface area contributed by atoms with E-state index in [0.717, 1.165) is 6.42 Å². The number of amides is 1. The first-order valence-corrected chi connectivity index (χ1v) is 8.19. The molecular weight excluding hydrogens is 322 g/mol. The quantitative estimate of drug-likeness (QED) is 0.866. The summed E-state index contributed by atoms with van der Waals surface area (Å²) in [5, 5.41) is 12.0. The Kier molecular flexibility index (Phi) is 5.23. The minimum Gasteiger partial charge on any atom is -0.481 e. The van der Waals surface area contributed by atoms with Crippen LogP contribution in [0.5, 0.6) is 11.6 Å². The molecule has 2 unspecified atom stereocenters. The molecule has 1 fully saturated rings. The number of carboxylic acids is 1. The fourth-order valence-electron chi connectivity index (χ4n) is 2.99. The monoisotopic (exact) mass is 341 g/mol. The van der Waals surface area contributed by atoms with Crippen molar-refractivity contribution in [1.29, 1.82) is 0 Å². The molecule has 7 heteroatoms. The van der Waals surface area contributed by atoms with Gasteiger partial charge in [-0.2, -0.15) is 0 Å². The summed E-state index contributed by atoms with van der Waals surface area (Å²) in [6.45, 7) is 0. The van der Waals surface area contributed by atoms with Crippen LogP contribution in [0.4, 0.5) is 5.69 Å². The second-order valence-corrected chi connectivity index (χ2v) is 6.06. The molecule has 130 valence electrons. The molecule has 0 saturated heterocycles. The van der Waals surface area contributed by atoms with E-state index in [1.165, 1.54) is 12.4 Å². The number of nitrogens with one attached hydrogen (secondary N) is 1. The maximum Gasteiger partial charge on any atom is 0.306 e. The number of anilines is 1. The minimum absolute atomic E-state index is 0.150. The average Bonchev–Trinajstić information content (AvgIpc) is 2.63. The third kappa shape index (κ3) is 4.53. The number of nitrogens with zero attached hydrogens (tertiary/aromatic N) is 2. The van der Waals surface area contributed by atoms with Crippen molar-refractivity contribution < 1.29 is 19.4 Å². The van der Waals surface area contributed by atoms with Crippen LogP contribution in [-0.4, -0.2) is 27.0 Å². The molecule has 0 radical (unpaired) electrons. The maximum absolute atomic E-state index is 12.4. The molecule has 1 aromatic carbocycles. The summed E-state index contributed by atoms with van der Waals surface area (Å²) >= 11 is 0. The summed E-state index contributed by atoms with van der Waals surface area (Å²) in [6, 6.07) is 6.98. The first kappa shape index (κ1) is 16.9. The van der Waals surface area contributed by atoms with Gasteiger partial charge in [0.1, 0.15) is 5.75 Å². The van der Waals surface area contributed by atoms with E-state index in [1.54, 1.807) is 30.5 Å². The van der Waals surface area contributed by atoms with Gasteiger partial charge in [0.15, 0.2) is 0 Å². The molecule has 2 atom stereocenters. The summed E-state index contributed by atoms with van der Waals surface area (Å²) in [4.78, 5) is 31.5. The highest BCUT2D eigenvalue weighted by atomic mass is 16.5. The zero-order valence-electron chi connectivity index (χ0n) is 13.6. The van der Waals surface area contributed by atoms with Gasteiger partial charge in [0, 0.05) is 30.1 Å². The zero-order valence-corrected chi connectivity index (χ0v) is 13.6. The van der Waals surface area contributed by atoms with Crippen molar-refractivity contribution in [2.24, 2.45) is 11.8 Å². The van der Waals surface area contributed by atoms with E-state index in [0.29, 0.717) is 36.6 Å². The van der Waals surface area contributed by atoms with Crippen molar-refractivity contribution in [1.82, 2.24) is 9.97 Å². The zero-order chi connectivity index (χ0) is 17.6. The van der Waals surface area contributed by atoms with Crippen LogP contribution in [0.2, 0.25) is 0 Å². The molecule has 3 rings (SSSR count). The van der Waals surface area contributed by atoms with E-state index in [9.17, 15) is 9.59 Å². The number of aromatic nitrogens is 2. The van der Waals surface area contributed by atoms with Crippen LogP contribution in [0.15, 0.2) is 42.9 Å². The number of ether oxygens (including phenoxy) is 1. The van der Waals surface area contributed by atoms with Crippen molar-refractivity contribution in [3.05, 3.63) is 42.9 Å². The minimum atomic E-state index is -0.822. The molecule has 2 aromatic rings. The maximum atomic E-state index is 12.4. The van der Waals surface area contributed by atoms with E-state index >= 15 is 0 Å². The molecule has 0 aliphatic heterocycles. The first-order chi connectivity index (χ1) is 12.1. The summed E-state index contributed by atoms with van der Waals surface area (Å²) in [5.41, 5.74) is 0.601. The van der Waals surface area contributed by atoms with Crippen LogP contribution >= 0.6 is 0 Å². The standard InChI is InChI=1S/C18H19N3O4/c22-17(12-3-1-4-13(9-12)18(23)24)21-14-5-2-6-15(10-14)25-16-11-19-7-8-20-16/h2,5-8,10-13H,1,3-4,9H2,(H,21,22)(H,23,24). The molecule has 1 aliphatic carbocycles. The van der Waals surface area contributed by atoms with Gasteiger partial charge in [-0.05, 0) is 31.4 Å². The number of aliphatic carboxylic acids is 1. The third-order valence-electron chi connectivity index (χ3n) is 4.26. The van der Waals surface area contributed by atoms with Gasteiger partial charge in [-0.25, -0.2) is 4.98 Å². The van der Waals surface area contributed by atoms with Crippen molar-refractivity contribution in [3.8, 4) is 11.6 Å². The number of hydrogen-bond acceptors (Lipinski definition) is 5. The Morgan fingerprint density at radius 2 is 2.04 bits per heavy atom. The SMILES string of the molecule is O=C(O)C1CCCC(C(=O)Nc2cccc(Oc3cnccn3)c2)C1. The van der Waals surface area contributed by atoms with Crippen molar-refractivity contribution in [2.45, 2.75) is 25.7 Å². The van der Waals surface area contributed by atoms with Crippen LogP contribution < -0.4 is 10.1 Å². The molecular formula is C18H19N3O4. The lowest BCUT2D eigenvalue weighted by Crippen LogP contribution is -2.30. The summed E-state index contributed by atoms with van der Waals surface area (Å²) in [5.74, 6) is -0.789. The highest BCUT2D eigenvalue weighted by Crippen LogP contribution is 2.30. The van der Waals surface area contributed by atoms with Gasteiger partial charge in [-0.3, -0.25) is 14.6 Å². The molecule has 1 saturated carbocycles. The van der Waals surface area contributed by atoms with Crippen LogP contribution in [0.25, 0.3) is 0 Å². The molecule has 25 heavy (non-hydrogen) atoms. The third-order valence-corrected chi connectivity index (χ3v) is 4.26. The molecule has 1 aromatic heterocycles. The number of benzene rings is 1. The highest BCUT2D eigenvalue weighted by molar-refractivity contribution is 5.93. The van der Waals surface area contributed by atoms with E-state index in [-0.39, 0.29) is 11.8 Å². The number of rotatable bonds is 5. The molecule has 0 spiro atoms. The lowest BCUT2D eigenvalue weighted by molar-refractivity contribution is -0.143. The molecule has 2 N–H and O–H groups in total. The van der Waals surface area contributed by atoms with Gasteiger partial charge in [0.05, 0.1) is 12.1 Å². The average molecular weight is 341 g/mol. The Labute approximate surface area is 145 Å². The van der Waals surface area contributed by atoms with E-state index < -0.39 is 11.9 Å². The lowest BCUT2D eigenvalue weighted by Gasteiger charge is -2.25. The van der Waals surface area contributed by atoms with Gasteiger partial charge in [-0.1, -0.05) is 12.5 Å². The fraction of sp³-hybridized carbons (Fsp3) is 0.333. The van der Waals surface area contributed by atoms with E-state index in [1.807, 2.05) is 0 Å². The van der Waals surface area contributed by atoms with E-state index in [2.05, 4.69) is 15.3 Å². The summed E-state index contributed by atoms with van der Waals surface area (Å²) < 4.78 is 5.59. The molecule has 0 bridgehead atoms. The number of hydrogen-bond donors (Lipinski definition) is 2. The predicted octanol–water partition coefficient (Wildman–Crippen LogP) is 3.10. The van der Waals surface area contributed by atoms with Crippen LogP contribution in [0.3, 0.4) is 0 Å². The fourth-order valence-corrected chi connectivity index (χ4v) is 2.99. The van der Waals surface area contributed by atoms with E-state index in [4.69, 9.17) is 9.84 Å². The molecule has 7 nitrogen and oxygen atoms in total. The summed E-state index contributed by atoms with van der Waals surface area (Å²) in [6.07, 6.45) is 7.08. The Hall–Kier alpha value is -2.96. The van der Waals surface area contributed by atoms with Crippen molar-refractivity contribution in [3.63, 3.8) is 0 Å². The largest absolute Gasteiger partial charge is 0.481 e. The number of carbonyl (C=O) groups excluding carboxylic acids is 1. The second-order valence-electron chi connectivity index (χ2n) is 6.06. The Morgan fingerprint density at radius 3 is 2.80 bits per heavy atom. The van der Waals surface area contributed by atoms with Gasteiger partial charge in [-0.15, -0.1) is 0 Å². The van der Waals surface area contributed by atoms with Gasteiger partial charge in [0.25, 0.3) is 0 Å². The Bertz CT molecular complexity index is 751. The Morgan fingerprint density at radius 1 is 1.20 bits per heavy atom. The lowest BCUT2D eigenvalue weighted by atomic mass is 9.81.